The molecule has 0 aromatic heterocycles. The summed E-state index contributed by atoms with van der Waals surface area (Å²) in [5, 5.41) is 3.29. The van der Waals surface area contributed by atoms with Crippen molar-refractivity contribution in [3.8, 4) is 0 Å². The van der Waals surface area contributed by atoms with Crippen LogP contribution in [0.15, 0.2) is 28.7 Å². The third-order valence-corrected chi connectivity index (χ3v) is 3.62. The summed E-state index contributed by atoms with van der Waals surface area (Å²) in [5.74, 6) is 0.223. The van der Waals surface area contributed by atoms with Crippen molar-refractivity contribution in [3.63, 3.8) is 0 Å². The van der Waals surface area contributed by atoms with Gasteiger partial charge < -0.3 is 10.2 Å². The van der Waals surface area contributed by atoms with E-state index in [0.717, 1.165) is 29.7 Å². The zero-order chi connectivity index (χ0) is 12.3. The summed E-state index contributed by atoms with van der Waals surface area (Å²) in [6.45, 7) is 4.70. The molecule has 100 valence electrons. The molecule has 1 aliphatic rings. The fourth-order valence-electron chi connectivity index (χ4n) is 2.09. The van der Waals surface area contributed by atoms with E-state index in [2.05, 4.69) is 28.2 Å². The van der Waals surface area contributed by atoms with Crippen molar-refractivity contribution in [2.75, 3.05) is 19.6 Å². The standard InChI is InChI=1S/C13H17BrN2O.ClH/c1-10-9-15-6-7-16(10)13(17)8-11-2-4-12(14)5-3-11;/h2-5,10,15H,6-9H2,1H3;1H. The van der Waals surface area contributed by atoms with Crippen molar-refractivity contribution >= 4 is 34.2 Å². The maximum absolute atomic E-state index is 12.1. The quantitative estimate of drug-likeness (QED) is 0.900. The number of hydrogen-bond acceptors (Lipinski definition) is 2. The first-order valence-corrected chi connectivity index (χ1v) is 6.71. The number of rotatable bonds is 2. The molecule has 1 N–H and O–H groups in total. The summed E-state index contributed by atoms with van der Waals surface area (Å²) in [7, 11) is 0. The highest BCUT2D eigenvalue weighted by Gasteiger charge is 2.22. The summed E-state index contributed by atoms with van der Waals surface area (Å²) < 4.78 is 1.05. The van der Waals surface area contributed by atoms with Crippen LogP contribution in [0.25, 0.3) is 0 Å². The molecule has 0 aliphatic carbocycles. The van der Waals surface area contributed by atoms with E-state index in [0.29, 0.717) is 12.5 Å². The minimum Gasteiger partial charge on any atom is -0.337 e. The molecule has 0 bridgehead atoms. The molecule has 1 fully saturated rings. The molecule has 1 unspecified atom stereocenters. The van der Waals surface area contributed by atoms with Crippen molar-refractivity contribution in [1.29, 1.82) is 0 Å². The van der Waals surface area contributed by atoms with Gasteiger partial charge in [0.15, 0.2) is 0 Å². The molecular formula is C13H18BrClN2O. The monoisotopic (exact) mass is 332 g/mol. The van der Waals surface area contributed by atoms with Gasteiger partial charge in [-0.2, -0.15) is 0 Å². The van der Waals surface area contributed by atoms with Crippen LogP contribution in [0.2, 0.25) is 0 Å². The van der Waals surface area contributed by atoms with Gasteiger partial charge in [-0.25, -0.2) is 0 Å². The Hall–Kier alpha value is -0.580. The number of halogens is 2. The van der Waals surface area contributed by atoms with Gasteiger partial charge in [-0.05, 0) is 24.6 Å². The van der Waals surface area contributed by atoms with Gasteiger partial charge in [0.05, 0.1) is 6.42 Å². The maximum Gasteiger partial charge on any atom is 0.227 e. The Kier molecular flexibility index (Phi) is 6.12. The van der Waals surface area contributed by atoms with E-state index >= 15 is 0 Å². The lowest BCUT2D eigenvalue weighted by Gasteiger charge is -2.34. The highest BCUT2D eigenvalue weighted by atomic mass is 79.9. The number of benzene rings is 1. The topological polar surface area (TPSA) is 32.3 Å². The number of piperazine rings is 1. The van der Waals surface area contributed by atoms with E-state index in [9.17, 15) is 4.79 Å². The van der Waals surface area contributed by atoms with Gasteiger partial charge in [0, 0.05) is 30.1 Å². The first kappa shape index (κ1) is 15.5. The third-order valence-electron chi connectivity index (χ3n) is 3.09. The van der Waals surface area contributed by atoms with E-state index in [1.54, 1.807) is 0 Å². The average molecular weight is 334 g/mol. The van der Waals surface area contributed by atoms with Crippen molar-refractivity contribution in [2.45, 2.75) is 19.4 Å². The smallest absolute Gasteiger partial charge is 0.227 e. The molecule has 0 spiro atoms. The van der Waals surface area contributed by atoms with Gasteiger partial charge in [0.25, 0.3) is 0 Å². The Bertz CT molecular complexity index is 396. The Morgan fingerprint density at radius 1 is 1.44 bits per heavy atom. The van der Waals surface area contributed by atoms with Crippen LogP contribution < -0.4 is 5.32 Å². The van der Waals surface area contributed by atoms with E-state index < -0.39 is 0 Å². The molecule has 5 heteroatoms. The summed E-state index contributed by atoms with van der Waals surface area (Å²) in [4.78, 5) is 14.1. The van der Waals surface area contributed by atoms with E-state index in [-0.39, 0.29) is 18.3 Å². The number of carbonyl (C=O) groups is 1. The lowest BCUT2D eigenvalue weighted by atomic mass is 10.1. The molecule has 1 atom stereocenters. The van der Waals surface area contributed by atoms with Gasteiger partial charge in [-0.3, -0.25) is 4.79 Å². The first-order chi connectivity index (χ1) is 8.16. The van der Waals surface area contributed by atoms with Crippen LogP contribution in [-0.2, 0) is 11.2 Å². The van der Waals surface area contributed by atoms with Gasteiger partial charge in [0.1, 0.15) is 0 Å². The summed E-state index contributed by atoms with van der Waals surface area (Å²) in [6, 6.07) is 8.24. The number of amides is 1. The van der Waals surface area contributed by atoms with Crippen LogP contribution in [0.4, 0.5) is 0 Å². The number of carbonyl (C=O) groups excluding carboxylic acids is 1. The second-order valence-corrected chi connectivity index (χ2v) is 5.36. The first-order valence-electron chi connectivity index (χ1n) is 5.91. The molecule has 0 saturated carbocycles. The van der Waals surface area contributed by atoms with Crippen LogP contribution in [0.1, 0.15) is 12.5 Å². The van der Waals surface area contributed by atoms with Crippen LogP contribution in [0, 0.1) is 0 Å². The fraction of sp³-hybridized carbons (Fsp3) is 0.462. The molecule has 1 amide bonds. The summed E-state index contributed by atoms with van der Waals surface area (Å²) in [5.41, 5.74) is 1.07. The molecule has 18 heavy (non-hydrogen) atoms. The lowest BCUT2D eigenvalue weighted by Crippen LogP contribution is -2.52. The SMILES string of the molecule is CC1CNCCN1C(=O)Cc1ccc(Br)cc1.Cl. The zero-order valence-corrected chi connectivity index (χ0v) is 12.8. The van der Waals surface area contributed by atoms with Gasteiger partial charge in [-0.15, -0.1) is 12.4 Å². The minimum atomic E-state index is 0. The second kappa shape index (κ2) is 7.12. The lowest BCUT2D eigenvalue weighted by molar-refractivity contribution is -0.133. The molecule has 1 heterocycles. The van der Waals surface area contributed by atoms with Crippen LogP contribution >= 0.6 is 28.3 Å². The second-order valence-electron chi connectivity index (χ2n) is 4.44. The Balaban J connectivity index is 0.00000162. The molecule has 0 radical (unpaired) electrons. The Morgan fingerprint density at radius 3 is 2.72 bits per heavy atom. The molecule has 1 aromatic rings. The van der Waals surface area contributed by atoms with Crippen molar-refractivity contribution in [2.24, 2.45) is 0 Å². The number of hydrogen-bond donors (Lipinski definition) is 1. The third kappa shape index (κ3) is 3.97. The van der Waals surface area contributed by atoms with E-state index in [1.165, 1.54) is 0 Å². The van der Waals surface area contributed by atoms with E-state index in [4.69, 9.17) is 0 Å². The largest absolute Gasteiger partial charge is 0.337 e. The molecule has 2 rings (SSSR count). The van der Waals surface area contributed by atoms with E-state index in [1.807, 2.05) is 29.2 Å². The maximum atomic E-state index is 12.1. The van der Waals surface area contributed by atoms with Crippen molar-refractivity contribution < 1.29 is 4.79 Å². The Morgan fingerprint density at radius 2 is 2.11 bits per heavy atom. The van der Waals surface area contributed by atoms with Crippen LogP contribution in [-0.4, -0.2) is 36.5 Å². The molecule has 1 saturated heterocycles. The van der Waals surface area contributed by atoms with Crippen molar-refractivity contribution in [1.82, 2.24) is 10.2 Å². The van der Waals surface area contributed by atoms with Crippen molar-refractivity contribution in [3.05, 3.63) is 34.3 Å². The molecule has 1 aromatic carbocycles. The number of nitrogens with zero attached hydrogens (tertiary/aromatic N) is 1. The molecular weight excluding hydrogens is 316 g/mol. The molecule has 1 aliphatic heterocycles. The molecule has 3 nitrogen and oxygen atoms in total. The zero-order valence-electron chi connectivity index (χ0n) is 10.4. The highest BCUT2D eigenvalue weighted by Crippen LogP contribution is 2.12. The predicted octanol–water partition coefficient (Wildman–Crippen LogP) is 2.23. The number of nitrogens with one attached hydrogen (secondary N) is 1. The fourth-order valence-corrected chi connectivity index (χ4v) is 2.35. The normalized spacial score (nSPS) is 19.2. The van der Waals surface area contributed by atoms with Crippen LogP contribution in [0.5, 0.6) is 0 Å². The highest BCUT2D eigenvalue weighted by molar-refractivity contribution is 9.10. The summed E-state index contributed by atoms with van der Waals surface area (Å²) in [6.07, 6.45) is 0.498. The predicted molar refractivity (Wildman–Crippen MR) is 79.1 cm³/mol. The summed E-state index contributed by atoms with van der Waals surface area (Å²) >= 11 is 3.39. The van der Waals surface area contributed by atoms with Crippen LogP contribution in [0.3, 0.4) is 0 Å². The minimum absolute atomic E-state index is 0. The Labute approximate surface area is 122 Å². The average Bonchev–Trinajstić information content (AvgIpc) is 2.32. The van der Waals surface area contributed by atoms with Gasteiger partial charge in [-0.1, -0.05) is 28.1 Å². The van der Waals surface area contributed by atoms with Gasteiger partial charge in [0.2, 0.25) is 5.91 Å². The van der Waals surface area contributed by atoms with Gasteiger partial charge >= 0.3 is 0 Å².